The zero-order valence-corrected chi connectivity index (χ0v) is 13.6. The van der Waals surface area contributed by atoms with E-state index in [0.29, 0.717) is 0 Å². The molecule has 0 fully saturated rings. The Morgan fingerprint density at radius 2 is 1.06 bits per heavy atom. The van der Waals surface area contributed by atoms with Gasteiger partial charge in [0.15, 0.2) is 8.40 Å². The first-order chi connectivity index (χ1) is 8.12. The first-order valence-corrected chi connectivity index (χ1v) is 10.6. The summed E-state index contributed by atoms with van der Waals surface area (Å²) in [5.74, 6) is 0. The molecule has 0 saturated carbocycles. The lowest BCUT2D eigenvalue weighted by atomic mass is 10.2. The molecule has 0 atom stereocenters. The third kappa shape index (κ3) is 12.4. The fraction of sp³-hybridized carbons (Fsp3) is 1.00. The Morgan fingerprint density at radius 1 is 0.647 bits per heavy atom. The number of hydrogen-bond acceptors (Lipinski definition) is 2. The Hall–Kier alpha value is 0.137. The molecule has 0 aliphatic rings. The lowest BCUT2D eigenvalue weighted by Crippen LogP contribution is -2.58. The Balaban J connectivity index is 3.38. The summed E-state index contributed by atoms with van der Waals surface area (Å²) in [6.45, 7) is 11.7. The number of rotatable bonds is 12. The van der Waals surface area contributed by atoms with Gasteiger partial charge in [0.2, 0.25) is 0 Å². The highest BCUT2D eigenvalue weighted by Crippen LogP contribution is 2.01. The summed E-state index contributed by atoms with van der Waals surface area (Å²) in [6.07, 6.45) is 10.9. The highest BCUT2D eigenvalue weighted by molar-refractivity contribution is 6.72. The zero-order chi connectivity index (χ0) is 13.0. The minimum Gasteiger partial charge on any atom is -0.326 e. The average Bonchev–Trinajstić information content (AvgIpc) is 2.28. The molecule has 0 aromatic carbocycles. The van der Waals surface area contributed by atoms with Crippen LogP contribution in [0.1, 0.15) is 65.2 Å². The quantitative estimate of drug-likeness (QED) is 0.408. The molecule has 2 N–H and O–H groups in total. The van der Waals surface area contributed by atoms with Gasteiger partial charge in [0.1, 0.15) is 0 Å². The minimum atomic E-state index is -1.32. The molecule has 0 rings (SSSR count). The molecule has 0 bridgehead atoms. The molecule has 0 aliphatic carbocycles. The zero-order valence-electron chi connectivity index (χ0n) is 12.6. The summed E-state index contributed by atoms with van der Waals surface area (Å²) >= 11 is 0. The van der Waals surface area contributed by atoms with Gasteiger partial charge in [-0.3, -0.25) is 0 Å². The molecule has 0 radical (unpaired) electrons. The van der Waals surface area contributed by atoms with Crippen molar-refractivity contribution in [2.45, 2.75) is 78.3 Å². The predicted octanol–water partition coefficient (Wildman–Crippen LogP) is 4.03. The van der Waals surface area contributed by atoms with Crippen LogP contribution in [-0.4, -0.2) is 21.5 Å². The van der Waals surface area contributed by atoms with Gasteiger partial charge in [-0.05, 0) is 39.0 Å². The summed E-state index contributed by atoms with van der Waals surface area (Å²) < 4.78 is 0. The standard InChI is InChI=1S/C14H34N2Si/c1-5-7-9-11-13-15-17(3,4)16-14-12-10-8-6-2/h15-16H,5-14H2,1-4H3. The van der Waals surface area contributed by atoms with Crippen LogP contribution in [0.5, 0.6) is 0 Å². The van der Waals surface area contributed by atoms with Crippen molar-refractivity contribution < 1.29 is 0 Å². The van der Waals surface area contributed by atoms with E-state index in [-0.39, 0.29) is 0 Å². The second kappa shape index (κ2) is 11.2. The highest BCUT2D eigenvalue weighted by Gasteiger charge is 2.18. The average molecular weight is 259 g/mol. The number of unbranched alkanes of at least 4 members (excludes halogenated alkanes) is 6. The predicted molar refractivity (Wildman–Crippen MR) is 81.8 cm³/mol. The largest absolute Gasteiger partial charge is 0.326 e. The topological polar surface area (TPSA) is 24.1 Å². The van der Waals surface area contributed by atoms with Crippen molar-refractivity contribution in [2.75, 3.05) is 13.1 Å². The molecular formula is C14H34N2Si. The van der Waals surface area contributed by atoms with Crippen molar-refractivity contribution in [3.05, 3.63) is 0 Å². The van der Waals surface area contributed by atoms with Gasteiger partial charge in [-0.2, -0.15) is 0 Å². The van der Waals surface area contributed by atoms with E-state index in [0.717, 1.165) is 0 Å². The summed E-state index contributed by atoms with van der Waals surface area (Å²) in [5, 5.41) is 0. The van der Waals surface area contributed by atoms with E-state index >= 15 is 0 Å². The van der Waals surface area contributed by atoms with E-state index in [1.54, 1.807) is 0 Å². The molecule has 0 spiro atoms. The maximum atomic E-state index is 3.74. The van der Waals surface area contributed by atoms with Gasteiger partial charge in [0.05, 0.1) is 0 Å². The van der Waals surface area contributed by atoms with Gasteiger partial charge in [-0.15, -0.1) is 0 Å². The minimum absolute atomic E-state index is 1.20. The van der Waals surface area contributed by atoms with Gasteiger partial charge >= 0.3 is 0 Å². The Labute approximate surface area is 110 Å². The van der Waals surface area contributed by atoms with E-state index in [2.05, 4.69) is 36.9 Å². The monoisotopic (exact) mass is 258 g/mol. The van der Waals surface area contributed by atoms with Crippen LogP contribution in [0.4, 0.5) is 0 Å². The number of nitrogens with one attached hydrogen (secondary N) is 2. The second-order valence-corrected chi connectivity index (χ2v) is 9.56. The molecule has 0 amide bonds. The van der Waals surface area contributed by atoms with Crippen molar-refractivity contribution in [3.8, 4) is 0 Å². The van der Waals surface area contributed by atoms with E-state index in [9.17, 15) is 0 Å². The molecule has 0 aliphatic heterocycles. The van der Waals surface area contributed by atoms with Crippen LogP contribution in [0.2, 0.25) is 13.1 Å². The van der Waals surface area contributed by atoms with E-state index in [4.69, 9.17) is 0 Å². The van der Waals surface area contributed by atoms with E-state index in [1.807, 2.05) is 0 Å². The van der Waals surface area contributed by atoms with Crippen LogP contribution in [0.15, 0.2) is 0 Å². The molecular weight excluding hydrogens is 224 g/mol. The Kier molecular flexibility index (Phi) is 11.3. The van der Waals surface area contributed by atoms with Crippen molar-refractivity contribution in [1.82, 2.24) is 9.96 Å². The molecule has 0 unspecified atom stereocenters. The van der Waals surface area contributed by atoms with Crippen molar-refractivity contribution in [3.63, 3.8) is 0 Å². The molecule has 0 saturated heterocycles. The fourth-order valence-corrected chi connectivity index (χ4v) is 3.70. The van der Waals surface area contributed by atoms with Crippen LogP contribution >= 0.6 is 0 Å². The van der Waals surface area contributed by atoms with Crippen LogP contribution in [0.25, 0.3) is 0 Å². The first-order valence-electron chi connectivity index (χ1n) is 7.62. The van der Waals surface area contributed by atoms with Crippen LogP contribution < -0.4 is 9.96 Å². The first kappa shape index (κ1) is 17.1. The lowest BCUT2D eigenvalue weighted by Gasteiger charge is -2.25. The summed E-state index contributed by atoms with van der Waals surface area (Å²) in [6, 6.07) is 0. The third-order valence-corrected chi connectivity index (χ3v) is 5.46. The van der Waals surface area contributed by atoms with Crippen molar-refractivity contribution in [1.29, 1.82) is 0 Å². The molecule has 2 nitrogen and oxygen atoms in total. The fourth-order valence-electron chi connectivity index (χ4n) is 1.97. The maximum Gasteiger partial charge on any atom is 0.195 e. The van der Waals surface area contributed by atoms with Gasteiger partial charge in [0, 0.05) is 0 Å². The SMILES string of the molecule is CCCCCCN[Si](C)(C)NCCCCCC. The van der Waals surface area contributed by atoms with Gasteiger partial charge in [0.25, 0.3) is 0 Å². The summed E-state index contributed by atoms with van der Waals surface area (Å²) in [4.78, 5) is 7.47. The molecule has 104 valence electrons. The van der Waals surface area contributed by atoms with Crippen LogP contribution in [-0.2, 0) is 0 Å². The molecule has 0 aromatic heterocycles. The highest BCUT2D eigenvalue weighted by atomic mass is 28.3. The lowest BCUT2D eigenvalue weighted by molar-refractivity contribution is 0.633. The van der Waals surface area contributed by atoms with Crippen LogP contribution in [0.3, 0.4) is 0 Å². The van der Waals surface area contributed by atoms with Gasteiger partial charge in [-0.25, -0.2) is 0 Å². The Bertz CT molecular complexity index is 144. The molecule has 0 heterocycles. The van der Waals surface area contributed by atoms with Crippen molar-refractivity contribution >= 4 is 8.40 Å². The third-order valence-electron chi connectivity index (χ3n) is 3.19. The van der Waals surface area contributed by atoms with E-state index < -0.39 is 8.40 Å². The van der Waals surface area contributed by atoms with E-state index in [1.165, 1.54) is 64.5 Å². The summed E-state index contributed by atoms with van der Waals surface area (Å²) in [5.41, 5.74) is 0. The maximum absolute atomic E-state index is 3.74. The smallest absolute Gasteiger partial charge is 0.195 e. The van der Waals surface area contributed by atoms with Gasteiger partial charge < -0.3 is 9.96 Å². The second-order valence-electron chi connectivity index (χ2n) is 5.60. The Morgan fingerprint density at radius 3 is 1.41 bits per heavy atom. The normalized spacial score (nSPS) is 12.0. The molecule has 3 heteroatoms. The molecule has 17 heavy (non-hydrogen) atoms. The van der Waals surface area contributed by atoms with Gasteiger partial charge in [-0.1, -0.05) is 52.4 Å². The molecule has 0 aromatic rings. The van der Waals surface area contributed by atoms with Crippen molar-refractivity contribution in [2.24, 2.45) is 0 Å². The number of hydrogen-bond donors (Lipinski definition) is 2. The summed E-state index contributed by atoms with van der Waals surface area (Å²) in [7, 11) is -1.32. The van der Waals surface area contributed by atoms with Crippen LogP contribution in [0, 0.1) is 0 Å².